The summed E-state index contributed by atoms with van der Waals surface area (Å²) < 4.78 is 1.25. The van der Waals surface area contributed by atoms with E-state index in [1.54, 1.807) is 0 Å². The van der Waals surface area contributed by atoms with Crippen LogP contribution in [-0.4, -0.2) is 0 Å². The Kier molecular flexibility index (Phi) is 2.29. The van der Waals surface area contributed by atoms with E-state index in [1.807, 2.05) is 0 Å². The van der Waals surface area contributed by atoms with Gasteiger partial charge in [-0.2, -0.15) is 0 Å². The van der Waals surface area contributed by atoms with E-state index in [0.29, 0.717) is 0 Å². The molecule has 48 valence electrons. The maximum atomic E-state index is 3.43. The lowest BCUT2D eigenvalue weighted by atomic mass is 10.2. The molecule has 0 aromatic rings. The molecule has 1 heteroatoms. The van der Waals surface area contributed by atoms with Crippen molar-refractivity contribution >= 4 is 15.9 Å². The van der Waals surface area contributed by atoms with Gasteiger partial charge in [0.05, 0.1) is 0 Å². The molecule has 0 aromatic heterocycles. The fourth-order valence-electron chi connectivity index (χ4n) is 0.699. The highest BCUT2D eigenvalue weighted by molar-refractivity contribution is 9.11. The highest BCUT2D eigenvalue weighted by Crippen LogP contribution is 2.15. The van der Waals surface area contributed by atoms with Gasteiger partial charge in [0.15, 0.2) is 0 Å². The van der Waals surface area contributed by atoms with Gasteiger partial charge in [-0.3, -0.25) is 0 Å². The summed E-state index contributed by atoms with van der Waals surface area (Å²) in [5, 5.41) is 0. The van der Waals surface area contributed by atoms with Gasteiger partial charge < -0.3 is 0 Å². The van der Waals surface area contributed by atoms with Crippen molar-refractivity contribution in [3.05, 3.63) is 34.4 Å². The molecule has 0 aliphatic heterocycles. The van der Waals surface area contributed by atoms with E-state index in [9.17, 15) is 0 Å². The Morgan fingerprint density at radius 1 is 1.56 bits per heavy atom. The Hall–Kier alpha value is -0.300. The predicted molar refractivity (Wildman–Crippen MR) is 44.5 cm³/mol. The van der Waals surface area contributed by atoms with Crippen LogP contribution in [0.2, 0.25) is 0 Å². The summed E-state index contributed by atoms with van der Waals surface area (Å²) in [4.78, 5) is 0. The maximum Gasteiger partial charge on any atom is -0.00115 e. The molecule has 0 bridgehead atoms. The monoisotopic (exact) mass is 184 g/mol. The van der Waals surface area contributed by atoms with Crippen molar-refractivity contribution in [1.29, 1.82) is 0 Å². The molecule has 1 aliphatic rings. The number of halogens is 1. The fraction of sp³-hybridized carbons (Fsp3) is 0.250. The van der Waals surface area contributed by atoms with Crippen molar-refractivity contribution in [2.75, 3.05) is 0 Å². The molecule has 0 unspecified atom stereocenters. The average Bonchev–Trinajstić information content (AvgIpc) is 1.97. The lowest BCUT2D eigenvalue weighted by molar-refractivity contribution is 1.33. The van der Waals surface area contributed by atoms with Crippen molar-refractivity contribution in [1.82, 2.24) is 0 Å². The molecule has 0 atom stereocenters. The first kappa shape index (κ1) is 6.81. The first-order chi connectivity index (χ1) is 4.29. The molecule has 0 aromatic carbocycles. The fourth-order valence-corrected chi connectivity index (χ4v) is 1.01. The van der Waals surface area contributed by atoms with Gasteiger partial charge in [0.25, 0.3) is 0 Å². The second-order valence-corrected chi connectivity index (χ2v) is 3.14. The molecule has 0 spiro atoms. The van der Waals surface area contributed by atoms with Crippen LogP contribution in [0, 0.1) is 0 Å². The van der Waals surface area contributed by atoms with Crippen LogP contribution in [0.25, 0.3) is 0 Å². The van der Waals surface area contributed by atoms with E-state index in [4.69, 9.17) is 0 Å². The quantitative estimate of drug-likeness (QED) is 0.543. The van der Waals surface area contributed by atoms with Gasteiger partial charge in [0.2, 0.25) is 0 Å². The number of allylic oxidation sites excluding steroid dienone is 6. The van der Waals surface area contributed by atoms with Crippen LogP contribution in [-0.2, 0) is 0 Å². The zero-order chi connectivity index (χ0) is 6.69. The van der Waals surface area contributed by atoms with Gasteiger partial charge in [-0.15, -0.1) is 0 Å². The van der Waals surface area contributed by atoms with Crippen molar-refractivity contribution in [3.8, 4) is 0 Å². The Morgan fingerprint density at radius 2 is 2.33 bits per heavy atom. The van der Waals surface area contributed by atoms with E-state index >= 15 is 0 Å². The predicted octanol–water partition coefficient (Wildman–Crippen LogP) is 3.17. The van der Waals surface area contributed by atoms with Gasteiger partial charge in [-0.25, -0.2) is 0 Å². The normalized spacial score (nSPS) is 18.4. The maximum absolute atomic E-state index is 3.43. The molecule has 0 nitrogen and oxygen atoms in total. The summed E-state index contributed by atoms with van der Waals surface area (Å²) in [7, 11) is 0. The highest BCUT2D eigenvalue weighted by atomic mass is 79.9. The molecule has 0 radical (unpaired) electrons. The van der Waals surface area contributed by atoms with Gasteiger partial charge in [-0.1, -0.05) is 45.8 Å². The van der Waals surface area contributed by atoms with Crippen LogP contribution < -0.4 is 0 Å². The minimum absolute atomic E-state index is 1.03. The van der Waals surface area contributed by atoms with E-state index in [2.05, 4.69) is 47.2 Å². The molecule has 0 N–H and O–H groups in total. The second kappa shape index (κ2) is 3.02. The third kappa shape index (κ3) is 2.19. The standard InChI is InChI=1S/C8H9Br/c1-7-3-2-4-8(9)6-5-7/h2-5H,6H2,1H3. The third-order valence-corrected chi connectivity index (χ3v) is 1.84. The molecule has 9 heavy (non-hydrogen) atoms. The SMILES string of the molecule is CC1=CCC(Br)=CC=C1. The summed E-state index contributed by atoms with van der Waals surface area (Å²) in [6.07, 6.45) is 9.47. The van der Waals surface area contributed by atoms with Crippen molar-refractivity contribution in [2.24, 2.45) is 0 Å². The minimum atomic E-state index is 1.03. The molecule has 0 fully saturated rings. The first-order valence-corrected chi connectivity index (χ1v) is 3.78. The average molecular weight is 185 g/mol. The van der Waals surface area contributed by atoms with Crippen LogP contribution in [0.4, 0.5) is 0 Å². The van der Waals surface area contributed by atoms with Gasteiger partial charge >= 0.3 is 0 Å². The minimum Gasteiger partial charge on any atom is -0.0767 e. The zero-order valence-corrected chi connectivity index (χ0v) is 6.98. The lowest BCUT2D eigenvalue weighted by Crippen LogP contribution is -1.65. The van der Waals surface area contributed by atoms with Crippen LogP contribution >= 0.6 is 15.9 Å². The van der Waals surface area contributed by atoms with Crippen LogP contribution in [0.15, 0.2) is 34.4 Å². The van der Waals surface area contributed by atoms with Crippen molar-refractivity contribution in [3.63, 3.8) is 0 Å². The zero-order valence-electron chi connectivity index (χ0n) is 5.39. The summed E-state index contributed by atoms with van der Waals surface area (Å²) >= 11 is 3.43. The Labute approximate surface area is 64.1 Å². The molecular formula is C8H9Br. The number of rotatable bonds is 0. The largest absolute Gasteiger partial charge is 0.0767 e. The molecule has 0 saturated heterocycles. The number of hydrogen-bond acceptors (Lipinski definition) is 0. The molecular weight excluding hydrogens is 176 g/mol. The summed E-state index contributed by atoms with van der Waals surface area (Å²) in [6.45, 7) is 2.11. The van der Waals surface area contributed by atoms with Gasteiger partial charge in [0, 0.05) is 0 Å². The Bertz CT molecular complexity index is 182. The summed E-state index contributed by atoms with van der Waals surface area (Å²) in [6, 6.07) is 0. The van der Waals surface area contributed by atoms with Crippen molar-refractivity contribution < 1.29 is 0 Å². The molecule has 0 heterocycles. The van der Waals surface area contributed by atoms with Crippen LogP contribution in [0.1, 0.15) is 13.3 Å². The van der Waals surface area contributed by atoms with E-state index in [-0.39, 0.29) is 0 Å². The molecule has 0 saturated carbocycles. The highest BCUT2D eigenvalue weighted by Gasteiger charge is 1.90. The summed E-state index contributed by atoms with van der Waals surface area (Å²) in [5.41, 5.74) is 1.33. The van der Waals surface area contributed by atoms with Crippen LogP contribution in [0.5, 0.6) is 0 Å². The topological polar surface area (TPSA) is 0 Å². The summed E-state index contributed by atoms with van der Waals surface area (Å²) in [5.74, 6) is 0. The van der Waals surface area contributed by atoms with E-state index < -0.39 is 0 Å². The van der Waals surface area contributed by atoms with Gasteiger partial charge in [0.1, 0.15) is 0 Å². The number of hydrogen-bond donors (Lipinski definition) is 0. The van der Waals surface area contributed by atoms with E-state index in [1.165, 1.54) is 10.1 Å². The molecule has 0 amide bonds. The van der Waals surface area contributed by atoms with Crippen molar-refractivity contribution in [2.45, 2.75) is 13.3 Å². The van der Waals surface area contributed by atoms with Gasteiger partial charge in [-0.05, 0) is 17.8 Å². The lowest BCUT2D eigenvalue weighted by Gasteiger charge is -1.87. The van der Waals surface area contributed by atoms with E-state index in [0.717, 1.165) is 6.42 Å². The van der Waals surface area contributed by atoms with Crippen LogP contribution in [0.3, 0.4) is 0 Å². The smallest absolute Gasteiger partial charge is 0.00115 e. The molecule has 1 aliphatic carbocycles. The molecule has 1 rings (SSSR count). The third-order valence-electron chi connectivity index (χ3n) is 1.26. The Morgan fingerprint density at radius 3 is 3.11 bits per heavy atom. The second-order valence-electron chi connectivity index (χ2n) is 2.12. The first-order valence-electron chi connectivity index (χ1n) is 2.98. The Balaban J connectivity index is 2.75.